The molecule has 2 heterocycles. The van der Waals surface area contributed by atoms with Crippen LogP contribution in [0.5, 0.6) is 5.75 Å². The van der Waals surface area contributed by atoms with Crippen LogP contribution in [-0.4, -0.2) is 29.7 Å². The molecule has 26 heavy (non-hydrogen) atoms. The summed E-state index contributed by atoms with van der Waals surface area (Å²) in [4.78, 5) is 18.7. The van der Waals surface area contributed by atoms with E-state index in [1.54, 1.807) is 12.0 Å². The number of hydrogen-bond donors (Lipinski definition) is 0. The van der Waals surface area contributed by atoms with Gasteiger partial charge >= 0.3 is 0 Å². The maximum absolute atomic E-state index is 12.4. The summed E-state index contributed by atoms with van der Waals surface area (Å²) < 4.78 is 10.6. The second-order valence-electron chi connectivity index (χ2n) is 6.43. The Morgan fingerprint density at radius 3 is 2.73 bits per heavy atom. The molecule has 1 atom stereocenters. The van der Waals surface area contributed by atoms with E-state index in [2.05, 4.69) is 10.1 Å². The smallest absolute Gasteiger partial charge is 0.257 e. The molecular formula is C20H19N3O3. The highest BCUT2D eigenvalue weighted by Gasteiger charge is 2.34. The lowest BCUT2D eigenvalue weighted by Gasteiger charge is -2.16. The van der Waals surface area contributed by atoms with Crippen LogP contribution in [0.25, 0.3) is 11.5 Å². The number of amides is 1. The normalized spacial score (nSPS) is 16.9. The van der Waals surface area contributed by atoms with Crippen molar-refractivity contribution in [2.75, 3.05) is 18.6 Å². The fourth-order valence-electron chi connectivity index (χ4n) is 3.18. The number of aryl methyl sites for hydroxylation is 1. The van der Waals surface area contributed by atoms with E-state index in [0.29, 0.717) is 24.7 Å². The molecule has 132 valence electrons. The van der Waals surface area contributed by atoms with Crippen LogP contribution in [0.15, 0.2) is 53.1 Å². The van der Waals surface area contributed by atoms with Crippen LogP contribution in [0.1, 0.15) is 23.7 Å². The predicted octanol–water partition coefficient (Wildman–Crippen LogP) is 3.57. The van der Waals surface area contributed by atoms with Gasteiger partial charge < -0.3 is 14.2 Å². The molecule has 0 N–H and O–H groups in total. The lowest BCUT2D eigenvalue weighted by Crippen LogP contribution is -2.24. The van der Waals surface area contributed by atoms with Crippen molar-refractivity contribution in [3.8, 4) is 17.2 Å². The van der Waals surface area contributed by atoms with Gasteiger partial charge in [-0.1, -0.05) is 17.3 Å². The van der Waals surface area contributed by atoms with Crippen molar-refractivity contribution >= 4 is 11.6 Å². The van der Waals surface area contributed by atoms with Crippen LogP contribution >= 0.6 is 0 Å². The Morgan fingerprint density at radius 1 is 1.19 bits per heavy atom. The van der Waals surface area contributed by atoms with E-state index >= 15 is 0 Å². The Bertz CT molecular complexity index is 933. The number of carbonyl (C=O) groups is 1. The fourth-order valence-corrected chi connectivity index (χ4v) is 3.18. The highest BCUT2D eigenvalue weighted by molar-refractivity contribution is 5.96. The Hall–Kier alpha value is -3.15. The van der Waals surface area contributed by atoms with Crippen LogP contribution in [-0.2, 0) is 4.79 Å². The molecule has 1 fully saturated rings. The number of anilines is 1. The van der Waals surface area contributed by atoms with Crippen molar-refractivity contribution in [1.82, 2.24) is 10.1 Å². The van der Waals surface area contributed by atoms with Crippen LogP contribution in [0.3, 0.4) is 0 Å². The minimum absolute atomic E-state index is 0.0706. The monoisotopic (exact) mass is 349 g/mol. The molecule has 0 radical (unpaired) electrons. The Morgan fingerprint density at radius 2 is 2.00 bits per heavy atom. The van der Waals surface area contributed by atoms with E-state index in [0.717, 1.165) is 22.6 Å². The molecule has 0 spiro atoms. The van der Waals surface area contributed by atoms with Crippen LogP contribution < -0.4 is 9.64 Å². The van der Waals surface area contributed by atoms with Gasteiger partial charge in [0.25, 0.3) is 5.89 Å². The van der Waals surface area contributed by atoms with Crippen molar-refractivity contribution < 1.29 is 14.1 Å². The van der Waals surface area contributed by atoms with Gasteiger partial charge in [0.2, 0.25) is 5.91 Å². The molecule has 4 rings (SSSR count). The molecule has 0 aliphatic carbocycles. The molecule has 2 aromatic carbocycles. The van der Waals surface area contributed by atoms with Gasteiger partial charge in [-0.3, -0.25) is 4.79 Å². The molecule has 1 aliphatic heterocycles. The van der Waals surface area contributed by atoms with E-state index in [9.17, 15) is 4.79 Å². The van der Waals surface area contributed by atoms with E-state index in [4.69, 9.17) is 9.26 Å². The summed E-state index contributed by atoms with van der Waals surface area (Å²) in [6.07, 6.45) is 0.384. The number of nitrogens with zero attached hydrogens (tertiary/aromatic N) is 3. The fraction of sp³-hybridized carbons (Fsp3) is 0.250. The summed E-state index contributed by atoms with van der Waals surface area (Å²) in [6.45, 7) is 2.58. The van der Waals surface area contributed by atoms with Gasteiger partial charge in [-0.05, 0) is 48.9 Å². The van der Waals surface area contributed by atoms with Gasteiger partial charge in [0, 0.05) is 30.1 Å². The lowest BCUT2D eigenvalue weighted by molar-refractivity contribution is -0.117. The van der Waals surface area contributed by atoms with Gasteiger partial charge in [-0.25, -0.2) is 0 Å². The summed E-state index contributed by atoms with van der Waals surface area (Å²) >= 11 is 0. The van der Waals surface area contributed by atoms with E-state index in [-0.39, 0.29) is 11.8 Å². The maximum Gasteiger partial charge on any atom is 0.257 e. The van der Waals surface area contributed by atoms with Crippen molar-refractivity contribution in [2.45, 2.75) is 19.3 Å². The minimum Gasteiger partial charge on any atom is -0.497 e. The van der Waals surface area contributed by atoms with Crippen LogP contribution in [0.2, 0.25) is 0 Å². The molecule has 0 saturated carbocycles. The first-order valence-electron chi connectivity index (χ1n) is 8.49. The van der Waals surface area contributed by atoms with E-state index in [1.807, 2.05) is 55.5 Å². The van der Waals surface area contributed by atoms with Gasteiger partial charge in [-0.15, -0.1) is 0 Å². The molecular weight excluding hydrogens is 330 g/mol. The summed E-state index contributed by atoms with van der Waals surface area (Å²) in [5.74, 6) is 1.79. The zero-order valence-corrected chi connectivity index (χ0v) is 14.7. The third kappa shape index (κ3) is 3.06. The molecule has 1 aliphatic rings. The molecule has 6 heteroatoms. The summed E-state index contributed by atoms with van der Waals surface area (Å²) in [5.41, 5.74) is 2.86. The van der Waals surface area contributed by atoms with Crippen molar-refractivity contribution in [3.63, 3.8) is 0 Å². The third-order valence-corrected chi connectivity index (χ3v) is 4.58. The molecule has 1 saturated heterocycles. The van der Waals surface area contributed by atoms with Gasteiger partial charge in [-0.2, -0.15) is 4.98 Å². The average Bonchev–Trinajstić information content (AvgIpc) is 3.29. The van der Waals surface area contributed by atoms with Gasteiger partial charge in [0.05, 0.1) is 7.11 Å². The van der Waals surface area contributed by atoms with Crippen molar-refractivity contribution in [1.29, 1.82) is 0 Å². The van der Waals surface area contributed by atoms with Gasteiger partial charge in [0.1, 0.15) is 5.75 Å². The van der Waals surface area contributed by atoms with Crippen LogP contribution in [0.4, 0.5) is 5.69 Å². The highest BCUT2D eigenvalue weighted by Crippen LogP contribution is 2.32. The van der Waals surface area contributed by atoms with Crippen molar-refractivity contribution in [3.05, 3.63) is 59.9 Å². The number of methoxy groups -OCH3 is 1. The summed E-state index contributed by atoms with van der Waals surface area (Å²) in [5, 5.41) is 4.10. The first-order valence-corrected chi connectivity index (χ1v) is 8.49. The number of carbonyl (C=O) groups excluding carboxylic acids is 1. The Balaban J connectivity index is 1.53. The summed E-state index contributed by atoms with van der Waals surface area (Å²) in [7, 11) is 1.62. The van der Waals surface area contributed by atoms with Gasteiger partial charge in [0.15, 0.2) is 5.82 Å². The van der Waals surface area contributed by atoms with E-state index in [1.165, 1.54) is 0 Å². The molecule has 0 bridgehead atoms. The molecule has 1 aromatic heterocycles. The summed E-state index contributed by atoms with van der Waals surface area (Å²) in [6, 6.07) is 15.4. The standard InChI is InChI=1S/C20H19N3O3/c1-13-4-3-5-16(10-13)23-12-15(11-18(23)24)19-21-20(26-22-19)14-6-8-17(25-2)9-7-14/h3-10,15H,11-12H2,1-2H3. The average molecular weight is 349 g/mol. The largest absolute Gasteiger partial charge is 0.497 e. The quantitative estimate of drug-likeness (QED) is 0.720. The number of aromatic nitrogens is 2. The highest BCUT2D eigenvalue weighted by atomic mass is 16.5. The second kappa shape index (κ2) is 6.63. The first kappa shape index (κ1) is 16.3. The maximum atomic E-state index is 12.4. The number of rotatable bonds is 4. The molecule has 1 unspecified atom stereocenters. The van der Waals surface area contributed by atoms with E-state index < -0.39 is 0 Å². The zero-order chi connectivity index (χ0) is 18.1. The van der Waals surface area contributed by atoms with Crippen LogP contribution in [0, 0.1) is 6.92 Å². The Kier molecular flexibility index (Phi) is 4.16. The number of hydrogen-bond acceptors (Lipinski definition) is 5. The van der Waals surface area contributed by atoms with Crippen molar-refractivity contribution in [2.24, 2.45) is 0 Å². The zero-order valence-electron chi connectivity index (χ0n) is 14.7. The predicted molar refractivity (Wildman–Crippen MR) is 97.2 cm³/mol. The molecule has 6 nitrogen and oxygen atoms in total. The third-order valence-electron chi connectivity index (χ3n) is 4.58. The topological polar surface area (TPSA) is 68.5 Å². The minimum atomic E-state index is -0.0706. The molecule has 1 amide bonds. The second-order valence-corrected chi connectivity index (χ2v) is 6.43. The Labute approximate surface area is 151 Å². The number of ether oxygens (including phenoxy) is 1. The number of benzene rings is 2. The lowest BCUT2D eigenvalue weighted by atomic mass is 10.1. The first-order chi connectivity index (χ1) is 12.6. The SMILES string of the molecule is COc1ccc(-c2nc(C3CC(=O)N(c4cccc(C)c4)C3)no2)cc1. The molecule has 3 aromatic rings.